The Morgan fingerprint density at radius 3 is 1.53 bits per heavy atom. The fraction of sp³-hybridized carbons (Fsp3) is 0.356. The summed E-state index contributed by atoms with van der Waals surface area (Å²) in [7, 11) is 0. The van der Waals surface area contributed by atoms with Crippen molar-refractivity contribution in [1.82, 2.24) is 4.98 Å². The van der Waals surface area contributed by atoms with E-state index in [4.69, 9.17) is 4.74 Å². The number of benzene rings is 4. The molecule has 0 amide bonds. The highest BCUT2D eigenvalue weighted by atomic mass is 16.5. The average molecular weight is 624 g/mol. The molecular formula is C45H53NO. The van der Waals surface area contributed by atoms with Crippen molar-refractivity contribution in [3.8, 4) is 45.0 Å². The van der Waals surface area contributed by atoms with Gasteiger partial charge in [-0.2, -0.15) is 0 Å². The SMILES string of the molecule is CCCCCC(CC)c1ccc(-c2cc(Oc3cccc(-c4ccccn4)c3)cc(-c3ccc(C(CC)CCCCC)cc3)c2)cc1. The number of hydrogen-bond acceptors (Lipinski definition) is 2. The Morgan fingerprint density at radius 1 is 0.489 bits per heavy atom. The molecule has 0 aliphatic heterocycles. The molecular weight excluding hydrogens is 571 g/mol. The average Bonchev–Trinajstić information content (AvgIpc) is 3.13. The van der Waals surface area contributed by atoms with Crippen LogP contribution in [0.15, 0.2) is 115 Å². The zero-order chi connectivity index (χ0) is 32.8. The van der Waals surface area contributed by atoms with Gasteiger partial charge in [0.2, 0.25) is 0 Å². The first kappa shape index (κ1) is 34.2. The van der Waals surface area contributed by atoms with E-state index >= 15 is 0 Å². The van der Waals surface area contributed by atoms with Gasteiger partial charge < -0.3 is 4.74 Å². The van der Waals surface area contributed by atoms with Crippen LogP contribution in [-0.2, 0) is 0 Å². The van der Waals surface area contributed by atoms with E-state index < -0.39 is 0 Å². The van der Waals surface area contributed by atoms with Gasteiger partial charge in [-0.15, -0.1) is 0 Å². The summed E-state index contributed by atoms with van der Waals surface area (Å²) in [4.78, 5) is 4.54. The Morgan fingerprint density at radius 2 is 1.04 bits per heavy atom. The van der Waals surface area contributed by atoms with Crippen LogP contribution in [0.5, 0.6) is 11.5 Å². The molecule has 1 aromatic heterocycles. The monoisotopic (exact) mass is 623 g/mol. The molecule has 0 fully saturated rings. The Kier molecular flexibility index (Phi) is 12.8. The number of nitrogens with zero attached hydrogens (tertiary/aromatic N) is 1. The molecule has 4 aromatic carbocycles. The van der Waals surface area contributed by atoms with Crippen LogP contribution in [0.3, 0.4) is 0 Å². The van der Waals surface area contributed by atoms with E-state index in [-0.39, 0.29) is 0 Å². The maximum absolute atomic E-state index is 6.61. The van der Waals surface area contributed by atoms with Crippen molar-refractivity contribution in [3.05, 3.63) is 127 Å². The molecule has 0 aliphatic rings. The summed E-state index contributed by atoms with van der Waals surface area (Å²) < 4.78 is 6.61. The predicted octanol–water partition coefficient (Wildman–Crippen LogP) is 14.0. The fourth-order valence-corrected chi connectivity index (χ4v) is 6.77. The highest BCUT2D eigenvalue weighted by Gasteiger charge is 2.13. The number of rotatable bonds is 17. The standard InChI is InChI=1S/C45H53NO/c1-5-9-11-16-34(7-3)36-21-25-38(26-22-36)41-30-42(39-27-23-37(24-28-39)35(8-4)17-12-10-6-2)33-44(32-41)47-43-19-15-18-40(31-43)45-20-13-14-29-46-45/h13-15,18-35H,5-12,16-17H2,1-4H3. The second kappa shape index (κ2) is 17.7. The minimum absolute atomic E-state index is 0.625. The van der Waals surface area contributed by atoms with E-state index in [1.807, 2.05) is 36.5 Å². The zero-order valence-electron chi connectivity index (χ0n) is 29.1. The van der Waals surface area contributed by atoms with Gasteiger partial charge in [-0.3, -0.25) is 4.98 Å². The second-order valence-corrected chi connectivity index (χ2v) is 13.0. The molecule has 0 radical (unpaired) electrons. The Bertz CT molecular complexity index is 1560. The quantitative estimate of drug-likeness (QED) is 0.0961. The van der Waals surface area contributed by atoms with Crippen LogP contribution < -0.4 is 4.74 Å². The summed E-state index contributed by atoms with van der Waals surface area (Å²) in [6.45, 7) is 9.20. The smallest absolute Gasteiger partial charge is 0.128 e. The van der Waals surface area contributed by atoms with E-state index in [1.54, 1.807) is 0 Å². The minimum Gasteiger partial charge on any atom is -0.457 e. The van der Waals surface area contributed by atoms with Crippen molar-refractivity contribution in [2.24, 2.45) is 0 Å². The molecule has 2 heteroatoms. The summed E-state index contributed by atoms with van der Waals surface area (Å²) in [5, 5.41) is 0. The lowest BCUT2D eigenvalue weighted by atomic mass is 9.89. The molecule has 5 aromatic rings. The van der Waals surface area contributed by atoms with Gasteiger partial charge in [-0.25, -0.2) is 0 Å². The molecule has 2 unspecified atom stereocenters. The molecule has 244 valence electrons. The van der Waals surface area contributed by atoms with Crippen LogP contribution in [0.25, 0.3) is 33.5 Å². The lowest BCUT2D eigenvalue weighted by molar-refractivity contribution is 0.483. The number of ether oxygens (including phenoxy) is 1. The van der Waals surface area contributed by atoms with Crippen LogP contribution in [0.1, 0.15) is 115 Å². The van der Waals surface area contributed by atoms with E-state index in [0.717, 1.165) is 22.8 Å². The summed E-state index contributed by atoms with van der Waals surface area (Å²) in [6, 6.07) is 39.5. The molecule has 5 rings (SSSR count). The maximum Gasteiger partial charge on any atom is 0.128 e. The first-order valence-corrected chi connectivity index (χ1v) is 18.2. The topological polar surface area (TPSA) is 22.1 Å². The number of hydrogen-bond donors (Lipinski definition) is 0. The normalized spacial score (nSPS) is 12.5. The third kappa shape index (κ3) is 9.44. The van der Waals surface area contributed by atoms with Crippen molar-refractivity contribution in [2.45, 2.75) is 104 Å². The van der Waals surface area contributed by atoms with Gasteiger partial charge >= 0.3 is 0 Å². The Balaban J connectivity index is 1.46. The molecule has 0 aliphatic carbocycles. The van der Waals surface area contributed by atoms with Gasteiger partial charge in [0.25, 0.3) is 0 Å². The van der Waals surface area contributed by atoms with E-state index in [1.165, 1.54) is 97.6 Å². The first-order valence-electron chi connectivity index (χ1n) is 18.2. The minimum atomic E-state index is 0.625. The summed E-state index contributed by atoms with van der Waals surface area (Å²) in [5.41, 5.74) is 9.64. The maximum atomic E-state index is 6.61. The molecule has 2 atom stereocenters. The predicted molar refractivity (Wildman–Crippen MR) is 201 cm³/mol. The number of aromatic nitrogens is 1. The molecule has 0 spiro atoms. The van der Waals surface area contributed by atoms with Gasteiger partial charge in [0, 0.05) is 11.8 Å². The van der Waals surface area contributed by atoms with E-state index in [0.29, 0.717) is 11.8 Å². The van der Waals surface area contributed by atoms with Gasteiger partial charge in [0.05, 0.1) is 5.69 Å². The van der Waals surface area contributed by atoms with Crippen molar-refractivity contribution >= 4 is 0 Å². The van der Waals surface area contributed by atoms with Crippen molar-refractivity contribution in [1.29, 1.82) is 0 Å². The van der Waals surface area contributed by atoms with Crippen LogP contribution in [0, 0.1) is 0 Å². The van der Waals surface area contributed by atoms with Crippen LogP contribution in [0.4, 0.5) is 0 Å². The molecule has 0 bridgehead atoms. The number of unbranched alkanes of at least 4 members (excludes halogenated alkanes) is 4. The highest BCUT2D eigenvalue weighted by Crippen LogP contribution is 2.37. The van der Waals surface area contributed by atoms with Gasteiger partial charge in [0.1, 0.15) is 11.5 Å². The van der Waals surface area contributed by atoms with Gasteiger partial charge in [-0.05, 0) is 113 Å². The van der Waals surface area contributed by atoms with Crippen LogP contribution in [0.2, 0.25) is 0 Å². The molecule has 0 saturated heterocycles. The van der Waals surface area contributed by atoms with E-state index in [2.05, 4.69) is 112 Å². The van der Waals surface area contributed by atoms with Crippen molar-refractivity contribution < 1.29 is 4.74 Å². The first-order chi connectivity index (χ1) is 23.1. The third-order valence-corrected chi connectivity index (χ3v) is 9.67. The Labute approximate surface area is 284 Å². The number of pyridine rings is 1. The van der Waals surface area contributed by atoms with Crippen molar-refractivity contribution in [3.63, 3.8) is 0 Å². The highest BCUT2D eigenvalue weighted by molar-refractivity contribution is 5.76. The molecule has 1 heterocycles. The zero-order valence-corrected chi connectivity index (χ0v) is 29.1. The van der Waals surface area contributed by atoms with Gasteiger partial charge in [-0.1, -0.05) is 133 Å². The summed E-state index contributed by atoms with van der Waals surface area (Å²) >= 11 is 0. The van der Waals surface area contributed by atoms with Crippen LogP contribution in [-0.4, -0.2) is 4.98 Å². The van der Waals surface area contributed by atoms with Crippen molar-refractivity contribution in [2.75, 3.05) is 0 Å². The molecule has 2 nitrogen and oxygen atoms in total. The van der Waals surface area contributed by atoms with Crippen LogP contribution >= 0.6 is 0 Å². The second-order valence-electron chi connectivity index (χ2n) is 13.0. The lowest BCUT2D eigenvalue weighted by Gasteiger charge is -2.17. The molecule has 0 saturated carbocycles. The summed E-state index contributed by atoms with van der Waals surface area (Å²) in [5.74, 6) is 2.89. The largest absolute Gasteiger partial charge is 0.457 e. The molecule has 0 N–H and O–H groups in total. The third-order valence-electron chi connectivity index (χ3n) is 9.67. The Hall–Kier alpha value is -4.17. The molecule has 47 heavy (non-hydrogen) atoms. The lowest BCUT2D eigenvalue weighted by Crippen LogP contribution is -1.98. The van der Waals surface area contributed by atoms with E-state index in [9.17, 15) is 0 Å². The fourth-order valence-electron chi connectivity index (χ4n) is 6.77. The van der Waals surface area contributed by atoms with Gasteiger partial charge in [0.15, 0.2) is 0 Å². The summed E-state index contributed by atoms with van der Waals surface area (Å²) in [6.07, 6.45) is 14.5.